The minimum absolute atomic E-state index is 0.181. The molecule has 30 heavy (non-hydrogen) atoms. The molecule has 1 atom stereocenters. The van der Waals surface area contributed by atoms with Gasteiger partial charge in [0, 0.05) is 25.5 Å². The molecular weight excluding hydrogens is 382 g/mol. The molecule has 2 aliphatic rings. The van der Waals surface area contributed by atoms with Gasteiger partial charge in [-0.15, -0.1) is 0 Å². The van der Waals surface area contributed by atoms with E-state index in [-0.39, 0.29) is 29.7 Å². The molecular formula is C22H35N5O3. The van der Waals surface area contributed by atoms with Crippen molar-refractivity contribution in [3.05, 3.63) is 18.5 Å². The van der Waals surface area contributed by atoms with E-state index in [1.807, 2.05) is 23.9 Å². The summed E-state index contributed by atoms with van der Waals surface area (Å²) in [6.45, 7) is 9.67. The number of hydrogen-bond donors (Lipinski definition) is 2. The minimum Gasteiger partial charge on any atom is -0.354 e. The highest BCUT2D eigenvalue weighted by molar-refractivity contribution is 6.09. The van der Waals surface area contributed by atoms with Gasteiger partial charge in [-0.1, -0.05) is 34.1 Å². The maximum absolute atomic E-state index is 13.1. The summed E-state index contributed by atoms with van der Waals surface area (Å²) in [7, 11) is 0. The molecule has 8 nitrogen and oxygen atoms in total. The highest BCUT2D eigenvalue weighted by Gasteiger charge is 2.53. The van der Waals surface area contributed by atoms with Crippen molar-refractivity contribution in [3.63, 3.8) is 0 Å². The first kappa shape index (κ1) is 22.3. The molecule has 4 amide bonds. The third-order valence-electron chi connectivity index (χ3n) is 7.11. The Morgan fingerprint density at radius 3 is 2.67 bits per heavy atom. The van der Waals surface area contributed by atoms with E-state index in [0.717, 1.165) is 24.2 Å². The van der Waals surface area contributed by atoms with Gasteiger partial charge in [-0.25, -0.2) is 4.79 Å². The largest absolute Gasteiger partial charge is 0.354 e. The number of hydrogen-bond acceptors (Lipinski definition) is 4. The average Bonchev–Trinajstić information content (AvgIpc) is 3.29. The average molecular weight is 418 g/mol. The molecule has 2 N–H and O–H groups in total. The highest BCUT2D eigenvalue weighted by Crippen LogP contribution is 2.45. The van der Waals surface area contributed by atoms with Gasteiger partial charge in [-0.05, 0) is 49.0 Å². The first-order valence-corrected chi connectivity index (χ1v) is 11.0. The number of nitrogens with zero attached hydrogens (tertiary/aromatic N) is 3. The van der Waals surface area contributed by atoms with E-state index in [0.29, 0.717) is 31.8 Å². The second-order valence-corrected chi connectivity index (χ2v) is 9.66. The van der Waals surface area contributed by atoms with Crippen LogP contribution in [0.4, 0.5) is 4.79 Å². The van der Waals surface area contributed by atoms with E-state index in [1.54, 1.807) is 6.20 Å². The maximum Gasteiger partial charge on any atom is 0.325 e. The molecule has 0 bridgehead atoms. The van der Waals surface area contributed by atoms with E-state index in [1.165, 1.54) is 0 Å². The zero-order valence-corrected chi connectivity index (χ0v) is 18.6. The van der Waals surface area contributed by atoms with Crippen molar-refractivity contribution in [3.8, 4) is 0 Å². The van der Waals surface area contributed by atoms with Crippen molar-refractivity contribution in [2.45, 2.75) is 71.9 Å². The highest BCUT2D eigenvalue weighted by atomic mass is 16.2. The molecule has 2 heterocycles. The second-order valence-electron chi connectivity index (χ2n) is 9.66. The van der Waals surface area contributed by atoms with Crippen LogP contribution in [-0.4, -0.2) is 51.2 Å². The number of carbonyl (C=O) groups excluding carboxylic acids is 3. The summed E-state index contributed by atoms with van der Waals surface area (Å²) in [5.41, 5.74) is -0.592. The Morgan fingerprint density at radius 2 is 2.07 bits per heavy atom. The molecule has 1 aromatic heterocycles. The first-order valence-electron chi connectivity index (χ1n) is 11.0. The van der Waals surface area contributed by atoms with Crippen LogP contribution < -0.4 is 10.6 Å². The van der Waals surface area contributed by atoms with Crippen LogP contribution in [-0.2, 0) is 16.1 Å². The summed E-state index contributed by atoms with van der Waals surface area (Å²) in [5.74, 6) is 0.163. The number of carbonyl (C=O) groups is 3. The third kappa shape index (κ3) is 4.68. The lowest BCUT2D eigenvalue weighted by Crippen LogP contribution is -2.51. The number of nitrogens with one attached hydrogen (secondary N) is 2. The summed E-state index contributed by atoms with van der Waals surface area (Å²) >= 11 is 0. The van der Waals surface area contributed by atoms with Crippen LogP contribution in [0.1, 0.15) is 59.8 Å². The normalized spacial score (nSPS) is 25.5. The number of imide groups is 1. The molecule has 1 unspecified atom stereocenters. The van der Waals surface area contributed by atoms with Crippen molar-refractivity contribution < 1.29 is 14.4 Å². The number of rotatable bonds is 8. The minimum atomic E-state index is -0.828. The van der Waals surface area contributed by atoms with Gasteiger partial charge < -0.3 is 10.6 Å². The van der Waals surface area contributed by atoms with E-state index in [2.05, 4.69) is 36.5 Å². The van der Waals surface area contributed by atoms with Crippen LogP contribution in [0.5, 0.6) is 0 Å². The predicted octanol–water partition coefficient (Wildman–Crippen LogP) is 2.55. The van der Waals surface area contributed by atoms with Gasteiger partial charge in [0.15, 0.2) is 0 Å². The van der Waals surface area contributed by atoms with Crippen molar-refractivity contribution in [1.29, 1.82) is 0 Å². The van der Waals surface area contributed by atoms with Crippen molar-refractivity contribution >= 4 is 17.8 Å². The molecule has 1 spiro atoms. The molecule has 0 radical (unpaired) electrons. The van der Waals surface area contributed by atoms with Crippen LogP contribution in [0.15, 0.2) is 18.5 Å². The number of aromatic nitrogens is 2. The van der Waals surface area contributed by atoms with Crippen LogP contribution in [0, 0.1) is 17.3 Å². The van der Waals surface area contributed by atoms with Gasteiger partial charge in [0.2, 0.25) is 5.91 Å². The third-order valence-corrected chi connectivity index (χ3v) is 7.11. The molecule has 2 fully saturated rings. The summed E-state index contributed by atoms with van der Waals surface area (Å²) in [4.78, 5) is 39.0. The molecule has 1 aromatic rings. The van der Waals surface area contributed by atoms with Crippen LogP contribution in [0.25, 0.3) is 0 Å². The van der Waals surface area contributed by atoms with Gasteiger partial charge >= 0.3 is 6.03 Å². The predicted molar refractivity (Wildman–Crippen MR) is 113 cm³/mol. The zero-order chi connectivity index (χ0) is 21.9. The van der Waals surface area contributed by atoms with Gasteiger partial charge in [0.1, 0.15) is 12.1 Å². The number of urea groups is 1. The number of amides is 4. The van der Waals surface area contributed by atoms with Crippen molar-refractivity contribution in [2.75, 3.05) is 13.1 Å². The lowest BCUT2D eigenvalue weighted by molar-refractivity contribution is -0.136. The Labute approximate surface area is 178 Å². The molecule has 1 aliphatic carbocycles. The first-order chi connectivity index (χ1) is 14.2. The Hall–Kier alpha value is -2.38. The molecule has 166 valence electrons. The summed E-state index contributed by atoms with van der Waals surface area (Å²) < 4.78 is 1.81. The Kier molecular flexibility index (Phi) is 6.53. The SMILES string of the molecule is CCC(C)(C)C1CCC2(CC1)NC(=O)N(CC(=O)NCC(C)Cn1cccn1)C2=O. The standard InChI is InChI=1S/C22H35N5O3/c1-5-21(3,4)17-7-9-22(10-8-17)19(29)27(20(30)25-22)15-18(28)23-13-16(2)14-26-12-6-11-24-26/h6,11-12,16-17H,5,7-10,13-15H2,1-4H3,(H,23,28)(H,25,30). The fourth-order valence-electron chi connectivity index (χ4n) is 4.62. The summed E-state index contributed by atoms with van der Waals surface area (Å²) in [6.07, 6.45) is 7.80. The van der Waals surface area contributed by atoms with Crippen LogP contribution >= 0.6 is 0 Å². The van der Waals surface area contributed by atoms with Crippen molar-refractivity contribution in [1.82, 2.24) is 25.3 Å². The van der Waals surface area contributed by atoms with Crippen molar-refractivity contribution in [2.24, 2.45) is 17.3 Å². The Balaban J connectivity index is 1.51. The molecule has 3 rings (SSSR count). The quantitative estimate of drug-likeness (QED) is 0.636. The van der Waals surface area contributed by atoms with Gasteiger partial charge in [-0.3, -0.25) is 19.2 Å². The monoisotopic (exact) mass is 417 g/mol. The van der Waals surface area contributed by atoms with Crippen LogP contribution in [0.2, 0.25) is 0 Å². The Morgan fingerprint density at radius 1 is 1.37 bits per heavy atom. The van der Waals surface area contributed by atoms with Crippen LogP contribution in [0.3, 0.4) is 0 Å². The molecule has 1 saturated heterocycles. The molecule has 1 aliphatic heterocycles. The lowest BCUT2D eigenvalue weighted by Gasteiger charge is -2.42. The van der Waals surface area contributed by atoms with Gasteiger partial charge in [0.25, 0.3) is 5.91 Å². The topological polar surface area (TPSA) is 96.3 Å². The molecule has 0 aromatic carbocycles. The van der Waals surface area contributed by atoms with Gasteiger partial charge in [-0.2, -0.15) is 5.10 Å². The fourth-order valence-corrected chi connectivity index (χ4v) is 4.62. The van der Waals surface area contributed by atoms with E-state index < -0.39 is 11.6 Å². The van der Waals surface area contributed by atoms with Gasteiger partial charge in [0.05, 0.1) is 0 Å². The van der Waals surface area contributed by atoms with E-state index in [9.17, 15) is 14.4 Å². The molecule has 1 saturated carbocycles. The molecule has 8 heteroatoms. The zero-order valence-electron chi connectivity index (χ0n) is 18.6. The lowest BCUT2D eigenvalue weighted by atomic mass is 9.65. The van der Waals surface area contributed by atoms with E-state index >= 15 is 0 Å². The Bertz CT molecular complexity index is 766. The fraction of sp³-hybridized carbons (Fsp3) is 0.727. The van der Waals surface area contributed by atoms with E-state index in [4.69, 9.17) is 0 Å². The summed E-state index contributed by atoms with van der Waals surface area (Å²) in [6, 6.07) is 1.41. The maximum atomic E-state index is 13.1. The smallest absolute Gasteiger partial charge is 0.325 e. The second kappa shape index (κ2) is 8.78. The summed E-state index contributed by atoms with van der Waals surface area (Å²) in [5, 5.41) is 9.90.